The topological polar surface area (TPSA) is 89.8 Å². The maximum atomic E-state index is 12.3. The Balaban J connectivity index is 1.96. The molecule has 0 saturated heterocycles. The van der Waals surface area contributed by atoms with Gasteiger partial charge in [-0.1, -0.05) is 20.8 Å². The Morgan fingerprint density at radius 1 is 1.07 bits per heavy atom. The van der Waals surface area contributed by atoms with E-state index in [0.717, 1.165) is 6.42 Å². The number of nitrogens with one attached hydrogen (secondary N) is 2. The van der Waals surface area contributed by atoms with Crippen molar-refractivity contribution in [2.24, 2.45) is 5.92 Å². The summed E-state index contributed by atoms with van der Waals surface area (Å²) in [5, 5.41) is 0. The summed E-state index contributed by atoms with van der Waals surface area (Å²) in [4.78, 5) is 24.3. The van der Waals surface area contributed by atoms with Crippen molar-refractivity contribution in [3.8, 4) is 11.5 Å². The zero-order valence-corrected chi connectivity index (χ0v) is 16.1. The highest BCUT2D eigenvalue weighted by Crippen LogP contribution is 2.28. The van der Waals surface area contributed by atoms with Crippen LogP contribution < -0.4 is 20.3 Å². The van der Waals surface area contributed by atoms with Crippen LogP contribution in [-0.2, 0) is 6.42 Å². The van der Waals surface area contributed by atoms with E-state index >= 15 is 0 Å². The molecule has 0 atom stereocenters. The average Bonchev–Trinajstić information content (AvgIpc) is 3.15. The van der Waals surface area contributed by atoms with Crippen molar-refractivity contribution >= 4 is 11.8 Å². The molecular weight excluding hydrogens is 348 g/mol. The molecule has 0 unspecified atom stereocenters. The van der Waals surface area contributed by atoms with Gasteiger partial charge < -0.3 is 13.9 Å². The largest absolute Gasteiger partial charge is 0.493 e. The number of hydrogen-bond acceptors (Lipinski definition) is 5. The fourth-order valence-corrected chi connectivity index (χ4v) is 2.27. The second-order valence-electron chi connectivity index (χ2n) is 6.42. The van der Waals surface area contributed by atoms with Crippen LogP contribution in [0.3, 0.4) is 0 Å². The molecule has 2 rings (SSSR count). The van der Waals surface area contributed by atoms with Gasteiger partial charge in [0.25, 0.3) is 5.91 Å². The van der Waals surface area contributed by atoms with Crippen LogP contribution in [0.2, 0.25) is 0 Å². The Morgan fingerprint density at radius 2 is 1.81 bits per heavy atom. The molecule has 7 heteroatoms. The highest BCUT2D eigenvalue weighted by molar-refractivity contribution is 5.98. The van der Waals surface area contributed by atoms with Gasteiger partial charge in [0.1, 0.15) is 5.76 Å². The molecule has 0 saturated carbocycles. The number of carbonyl (C=O) groups excluding carboxylic acids is 2. The minimum absolute atomic E-state index is 0.138. The van der Waals surface area contributed by atoms with Gasteiger partial charge in [-0.15, -0.1) is 0 Å². The summed E-state index contributed by atoms with van der Waals surface area (Å²) in [6, 6.07) is 8.13. The van der Waals surface area contributed by atoms with Gasteiger partial charge in [-0.25, -0.2) is 0 Å². The average molecular weight is 374 g/mol. The summed E-state index contributed by atoms with van der Waals surface area (Å²) in [5.41, 5.74) is 5.02. The van der Waals surface area contributed by atoms with Crippen LogP contribution in [0.1, 0.15) is 53.9 Å². The standard InChI is InChI=1S/C20H26N2O5/c1-5-15-7-9-17(27-15)20(24)22-21-19(23)14-6-8-16(18(12-14)25-4)26-11-10-13(2)3/h6-9,12-13H,5,10-11H2,1-4H3,(H,21,23)(H,22,24). The Kier molecular flexibility index (Phi) is 7.28. The quantitative estimate of drug-likeness (QED) is 0.692. The molecule has 2 amide bonds. The molecular formula is C20H26N2O5. The lowest BCUT2D eigenvalue weighted by atomic mass is 10.1. The molecule has 0 radical (unpaired) electrons. The van der Waals surface area contributed by atoms with Crippen molar-refractivity contribution < 1.29 is 23.5 Å². The number of rotatable bonds is 8. The zero-order chi connectivity index (χ0) is 19.8. The summed E-state index contributed by atoms with van der Waals surface area (Å²) in [7, 11) is 1.51. The number of hydrogen-bond donors (Lipinski definition) is 2. The van der Waals surface area contributed by atoms with Gasteiger partial charge in [0.2, 0.25) is 0 Å². The lowest BCUT2D eigenvalue weighted by Crippen LogP contribution is -2.41. The van der Waals surface area contributed by atoms with E-state index in [1.807, 2.05) is 6.92 Å². The number of amides is 2. The van der Waals surface area contributed by atoms with Gasteiger partial charge in [0.05, 0.1) is 13.7 Å². The van der Waals surface area contributed by atoms with Gasteiger partial charge in [-0.2, -0.15) is 0 Å². The van der Waals surface area contributed by atoms with E-state index in [0.29, 0.717) is 41.8 Å². The van der Waals surface area contributed by atoms with E-state index in [-0.39, 0.29) is 5.76 Å². The lowest BCUT2D eigenvalue weighted by molar-refractivity contribution is 0.0829. The highest BCUT2D eigenvalue weighted by Gasteiger charge is 2.14. The van der Waals surface area contributed by atoms with Crippen molar-refractivity contribution in [1.29, 1.82) is 0 Å². The van der Waals surface area contributed by atoms with E-state index < -0.39 is 11.8 Å². The minimum atomic E-state index is -0.524. The third-order valence-corrected chi connectivity index (χ3v) is 3.90. The molecule has 0 bridgehead atoms. The Hall–Kier alpha value is -2.96. The number of benzene rings is 1. The predicted molar refractivity (Wildman–Crippen MR) is 101 cm³/mol. The van der Waals surface area contributed by atoms with Crippen LogP contribution in [0, 0.1) is 5.92 Å². The molecule has 1 aromatic heterocycles. The van der Waals surface area contributed by atoms with Crippen molar-refractivity contribution in [2.45, 2.75) is 33.6 Å². The van der Waals surface area contributed by atoms with Gasteiger partial charge >= 0.3 is 5.91 Å². The maximum absolute atomic E-state index is 12.3. The van der Waals surface area contributed by atoms with Crippen LogP contribution in [0.25, 0.3) is 0 Å². The molecule has 7 nitrogen and oxygen atoms in total. The summed E-state index contributed by atoms with van der Waals surface area (Å²) in [5.74, 6) is 1.40. The number of methoxy groups -OCH3 is 1. The maximum Gasteiger partial charge on any atom is 0.305 e. The molecule has 146 valence electrons. The third-order valence-electron chi connectivity index (χ3n) is 3.90. The fourth-order valence-electron chi connectivity index (χ4n) is 2.27. The number of ether oxygens (including phenoxy) is 2. The van der Waals surface area contributed by atoms with E-state index in [1.165, 1.54) is 7.11 Å². The molecule has 1 heterocycles. The zero-order valence-electron chi connectivity index (χ0n) is 16.1. The molecule has 0 spiro atoms. The van der Waals surface area contributed by atoms with Crippen LogP contribution in [0.4, 0.5) is 0 Å². The summed E-state index contributed by atoms with van der Waals surface area (Å²) in [6.07, 6.45) is 1.61. The van der Waals surface area contributed by atoms with E-state index in [2.05, 4.69) is 24.7 Å². The van der Waals surface area contributed by atoms with Gasteiger partial charge in [-0.3, -0.25) is 20.4 Å². The minimum Gasteiger partial charge on any atom is -0.493 e. The first-order valence-corrected chi connectivity index (χ1v) is 8.94. The SMILES string of the molecule is CCc1ccc(C(=O)NNC(=O)c2ccc(OCCC(C)C)c(OC)c2)o1. The van der Waals surface area contributed by atoms with Gasteiger partial charge in [0.15, 0.2) is 17.3 Å². The van der Waals surface area contributed by atoms with E-state index in [1.54, 1.807) is 30.3 Å². The molecule has 0 aliphatic rings. The molecule has 2 aromatic rings. The van der Waals surface area contributed by atoms with E-state index in [4.69, 9.17) is 13.9 Å². The van der Waals surface area contributed by atoms with Gasteiger partial charge in [-0.05, 0) is 42.7 Å². The smallest absolute Gasteiger partial charge is 0.305 e. The summed E-state index contributed by atoms with van der Waals surface area (Å²) >= 11 is 0. The first-order chi connectivity index (χ1) is 12.9. The summed E-state index contributed by atoms with van der Waals surface area (Å²) < 4.78 is 16.3. The lowest BCUT2D eigenvalue weighted by Gasteiger charge is -2.13. The van der Waals surface area contributed by atoms with Crippen LogP contribution in [-0.4, -0.2) is 25.5 Å². The van der Waals surface area contributed by atoms with Crippen LogP contribution >= 0.6 is 0 Å². The van der Waals surface area contributed by atoms with E-state index in [9.17, 15) is 9.59 Å². The second-order valence-corrected chi connectivity index (χ2v) is 6.42. The molecule has 0 fully saturated rings. The van der Waals surface area contributed by atoms with Crippen molar-refractivity contribution in [3.05, 3.63) is 47.4 Å². The molecule has 27 heavy (non-hydrogen) atoms. The van der Waals surface area contributed by atoms with Gasteiger partial charge in [0, 0.05) is 12.0 Å². The Morgan fingerprint density at radius 3 is 2.44 bits per heavy atom. The van der Waals surface area contributed by atoms with Crippen LogP contribution in [0.5, 0.6) is 11.5 Å². The number of furan rings is 1. The normalized spacial score (nSPS) is 10.6. The molecule has 2 N–H and O–H groups in total. The fraction of sp³-hybridized carbons (Fsp3) is 0.400. The van der Waals surface area contributed by atoms with Crippen molar-refractivity contribution in [2.75, 3.05) is 13.7 Å². The Labute approximate surface area is 159 Å². The first-order valence-electron chi connectivity index (χ1n) is 8.94. The van der Waals surface area contributed by atoms with Crippen LogP contribution in [0.15, 0.2) is 34.7 Å². The second kappa shape index (κ2) is 9.66. The number of hydrazine groups is 1. The highest BCUT2D eigenvalue weighted by atomic mass is 16.5. The summed E-state index contributed by atoms with van der Waals surface area (Å²) in [6.45, 7) is 6.73. The number of carbonyl (C=O) groups is 2. The third kappa shape index (κ3) is 5.77. The molecule has 1 aromatic carbocycles. The van der Waals surface area contributed by atoms with Crippen molar-refractivity contribution in [1.82, 2.24) is 10.9 Å². The Bertz CT molecular complexity index is 782. The molecule has 0 aliphatic heterocycles. The monoisotopic (exact) mass is 374 g/mol. The van der Waals surface area contributed by atoms with Crippen molar-refractivity contribution in [3.63, 3.8) is 0 Å². The molecule has 0 aliphatic carbocycles. The first kappa shape index (κ1) is 20.4. The predicted octanol–water partition coefficient (Wildman–Crippen LogP) is 3.35. The number of aryl methyl sites for hydroxylation is 1.